The van der Waals surface area contributed by atoms with Crippen molar-refractivity contribution in [2.75, 3.05) is 19.0 Å². The van der Waals surface area contributed by atoms with Gasteiger partial charge in [0.25, 0.3) is 0 Å². The van der Waals surface area contributed by atoms with Crippen LogP contribution in [-0.2, 0) is 16.0 Å². The SMILES string of the molecule is COc1ccc2c(c1)[C@H](C(=O)NCCCc1c(C)n[nH]c1C)CC(=O)N2. The molecule has 0 bridgehead atoms. The van der Waals surface area contributed by atoms with Gasteiger partial charge >= 0.3 is 0 Å². The molecule has 7 nitrogen and oxygen atoms in total. The van der Waals surface area contributed by atoms with Gasteiger partial charge in [0.05, 0.1) is 18.7 Å². The molecule has 2 aromatic rings. The molecule has 1 aromatic heterocycles. The molecule has 1 aliphatic rings. The fraction of sp³-hybridized carbons (Fsp3) is 0.421. The fourth-order valence-electron chi connectivity index (χ4n) is 3.34. The molecule has 26 heavy (non-hydrogen) atoms. The summed E-state index contributed by atoms with van der Waals surface area (Å²) in [7, 11) is 1.58. The van der Waals surface area contributed by atoms with Crippen molar-refractivity contribution in [1.29, 1.82) is 0 Å². The van der Waals surface area contributed by atoms with Crippen molar-refractivity contribution < 1.29 is 14.3 Å². The Labute approximate surface area is 152 Å². The van der Waals surface area contributed by atoms with Gasteiger partial charge in [0.2, 0.25) is 11.8 Å². The van der Waals surface area contributed by atoms with E-state index < -0.39 is 5.92 Å². The Hall–Kier alpha value is -2.83. The molecular weight excluding hydrogens is 332 g/mol. The number of ether oxygens (including phenoxy) is 1. The number of amides is 2. The number of fused-ring (bicyclic) bond motifs is 1. The van der Waals surface area contributed by atoms with Crippen molar-refractivity contribution in [3.63, 3.8) is 0 Å². The quantitative estimate of drug-likeness (QED) is 0.692. The number of aromatic nitrogens is 2. The van der Waals surface area contributed by atoms with Gasteiger partial charge in [0.15, 0.2) is 0 Å². The number of benzene rings is 1. The van der Waals surface area contributed by atoms with Gasteiger partial charge in [-0.05, 0) is 56.0 Å². The molecule has 1 aromatic carbocycles. The molecule has 7 heteroatoms. The van der Waals surface area contributed by atoms with Crippen molar-refractivity contribution in [3.05, 3.63) is 40.7 Å². The summed E-state index contributed by atoms with van der Waals surface area (Å²) in [5.41, 5.74) is 4.73. The molecular formula is C19H24N4O3. The van der Waals surface area contributed by atoms with Gasteiger partial charge in [-0.1, -0.05) is 0 Å². The monoisotopic (exact) mass is 356 g/mol. The summed E-state index contributed by atoms with van der Waals surface area (Å²) in [4.78, 5) is 24.6. The van der Waals surface area contributed by atoms with Crippen LogP contribution in [0.3, 0.4) is 0 Å². The zero-order chi connectivity index (χ0) is 18.7. The number of rotatable bonds is 6. The molecule has 0 spiro atoms. The van der Waals surface area contributed by atoms with Crippen LogP contribution in [0, 0.1) is 13.8 Å². The highest BCUT2D eigenvalue weighted by Gasteiger charge is 2.30. The van der Waals surface area contributed by atoms with Crippen molar-refractivity contribution in [2.45, 2.75) is 39.0 Å². The van der Waals surface area contributed by atoms with E-state index in [-0.39, 0.29) is 18.2 Å². The Kier molecular flexibility index (Phi) is 5.25. The van der Waals surface area contributed by atoms with Crippen molar-refractivity contribution >= 4 is 17.5 Å². The second-order valence-corrected chi connectivity index (χ2v) is 6.57. The van der Waals surface area contributed by atoms with E-state index in [1.54, 1.807) is 19.2 Å². The minimum absolute atomic E-state index is 0.130. The summed E-state index contributed by atoms with van der Waals surface area (Å²) in [6.45, 7) is 4.53. The highest BCUT2D eigenvalue weighted by atomic mass is 16.5. The number of aromatic amines is 1. The van der Waals surface area contributed by atoms with Gasteiger partial charge in [-0.3, -0.25) is 14.7 Å². The Morgan fingerprint density at radius 2 is 2.19 bits per heavy atom. The lowest BCUT2D eigenvalue weighted by atomic mass is 9.89. The second-order valence-electron chi connectivity index (χ2n) is 6.57. The molecule has 0 radical (unpaired) electrons. The van der Waals surface area contributed by atoms with E-state index >= 15 is 0 Å². The summed E-state index contributed by atoms with van der Waals surface area (Å²) in [5.74, 6) is -0.0997. The Morgan fingerprint density at radius 1 is 1.38 bits per heavy atom. The Balaban J connectivity index is 1.62. The maximum absolute atomic E-state index is 12.7. The summed E-state index contributed by atoms with van der Waals surface area (Å²) >= 11 is 0. The number of nitrogens with zero attached hydrogens (tertiary/aromatic N) is 1. The lowest BCUT2D eigenvalue weighted by molar-refractivity contribution is -0.126. The van der Waals surface area contributed by atoms with Gasteiger partial charge in [-0.2, -0.15) is 5.10 Å². The molecule has 1 atom stereocenters. The number of nitrogens with one attached hydrogen (secondary N) is 3. The standard InChI is InChI=1S/C19H24N4O3/c1-11-14(12(2)23-22-11)5-4-8-20-19(25)16-10-18(24)21-17-7-6-13(26-3)9-15(16)17/h6-7,9,16H,4-5,8,10H2,1-3H3,(H,20,25)(H,21,24)(H,22,23)/t16-/m1/s1. The summed E-state index contributed by atoms with van der Waals surface area (Å²) in [6, 6.07) is 5.36. The summed E-state index contributed by atoms with van der Waals surface area (Å²) < 4.78 is 5.24. The van der Waals surface area contributed by atoms with Gasteiger partial charge in [0.1, 0.15) is 5.75 Å². The van der Waals surface area contributed by atoms with Crippen LogP contribution < -0.4 is 15.4 Å². The Morgan fingerprint density at radius 3 is 2.88 bits per heavy atom. The lowest BCUT2D eigenvalue weighted by Crippen LogP contribution is -2.35. The largest absolute Gasteiger partial charge is 0.497 e. The van der Waals surface area contributed by atoms with Crippen LogP contribution in [0.15, 0.2) is 18.2 Å². The van der Waals surface area contributed by atoms with Gasteiger partial charge < -0.3 is 15.4 Å². The first kappa shape index (κ1) is 18.0. The maximum Gasteiger partial charge on any atom is 0.228 e. The highest BCUT2D eigenvalue weighted by Crippen LogP contribution is 2.35. The van der Waals surface area contributed by atoms with Gasteiger partial charge in [-0.25, -0.2) is 0 Å². The first-order chi connectivity index (χ1) is 12.5. The van der Waals surface area contributed by atoms with E-state index in [4.69, 9.17) is 4.74 Å². The number of aryl methyl sites for hydroxylation is 2. The minimum Gasteiger partial charge on any atom is -0.497 e. The molecule has 0 fully saturated rings. The van der Waals surface area contributed by atoms with Crippen LogP contribution in [0.25, 0.3) is 0 Å². The van der Waals surface area contributed by atoms with E-state index in [1.165, 1.54) is 5.56 Å². The molecule has 3 N–H and O–H groups in total. The Bertz CT molecular complexity index is 809. The predicted octanol–water partition coefficient (Wildman–Crippen LogP) is 2.21. The summed E-state index contributed by atoms with van der Waals surface area (Å²) in [6.07, 6.45) is 1.81. The lowest BCUT2D eigenvalue weighted by Gasteiger charge is -2.25. The summed E-state index contributed by atoms with van der Waals surface area (Å²) in [5, 5.41) is 12.9. The first-order valence-electron chi connectivity index (χ1n) is 8.75. The molecule has 0 saturated carbocycles. The number of carbonyl (C=O) groups excluding carboxylic acids is 2. The molecule has 2 heterocycles. The van der Waals surface area contributed by atoms with E-state index in [0.29, 0.717) is 18.0 Å². The van der Waals surface area contributed by atoms with Gasteiger partial charge in [0, 0.05) is 24.3 Å². The van der Waals surface area contributed by atoms with E-state index in [0.717, 1.165) is 29.8 Å². The van der Waals surface area contributed by atoms with E-state index in [2.05, 4.69) is 20.8 Å². The van der Waals surface area contributed by atoms with Crippen LogP contribution in [0.2, 0.25) is 0 Å². The number of methoxy groups -OCH3 is 1. The zero-order valence-electron chi connectivity index (χ0n) is 15.3. The average Bonchev–Trinajstić information content (AvgIpc) is 2.95. The molecule has 0 aliphatic carbocycles. The number of carbonyl (C=O) groups is 2. The first-order valence-corrected chi connectivity index (χ1v) is 8.75. The third-order valence-electron chi connectivity index (χ3n) is 4.80. The fourth-order valence-corrected chi connectivity index (χ4v) is 3.34. The van der Waals surface area contributed by atoms with Crippen molar-refractivity contribution in [3.8, 4) is 5.75 Å². The number of hydrogen-bond donors (Lipinski definition) is 3. The normalized spacial score (nSPS) is 16.0. The minimum atomic E-state index is -0.494. The highest BCUT2D eigenvalue weighted by molar-refractivity contribution is 6.01. The van der Waals surface area contributed by atoms with Crippen LogP contribution >= 0.6 is 0 Å². The zero-order valence-corrected chi connectivity index (χ0v) is 15.3. The third-order valence-corrected chi connectivity index (χ3v) is 4.80. The molecule has 0 saturated heterocycles. The number of anilines is 1. The van der Waals surface area contributed by atoms with Crippen LogP contribution in [0.1, 0.15) is 41.3 Å². The van der Waals surface area contributed by atoms with Gasteiger partial charge in [-0.15, -0.1) is 0 Å². The second kappa shape index (κ2) is 7.59. The van der Waals surface area contributed by atoms with Crippen LogP contribution in [0.5, 0.6) is 5.75 Å². The topological polar surface area (TPSA) is 96.1 Å². The molecule has 2 amide bonds. The predicted molar refractivity (Wildman–Crippen MR) is 98.4 cm³/mol. The third kappa shape index (κ3) is 3.71. The molecule has 3 rings (SSSR count). The van der Waals surface area contributed by atoms with Crippen molar-refractivity contribution in [2.24, 2.45) is 0 Å². The van der Waals surface area contributed by atoms with Crippen LogP contribution in [0.4, 0.5) is 5.69 Å². The molecule has 1 aliphatic heterocycles. The van der Waals surface area contributed by atoms with Crippen LogP contribution in [-0.4, -0.2) is 35.7 Å². The number of hydrogen-bond acceptors (Lipinski definition) is 4. The number of H-pyrrole nitrogens is 1. The smallest absolute Gasteiger partial charge is 0.228 e. The molecule has 138 valence electrons. The van der Waals surface area contributed by atoms with E-state index in [9.17, 15) is 9.59 Å². The average molecular weight is 356 g/mol. The maximum atomic E-state index is 12.7. The van der Waals surface area contributed by atoms with Crippen molar-refractivity contribution in [1.82, 2.24) is 15.5 Å². The van der Waals surface area contributed by atoms with E-state index in [1.807, 2.05) is 19.9 Å². The molecule has 0 unspecified atom stereocenters.